The van der Waals surface area contributed by atoms with Gasteiger partial charge in [0.1, 0.15) is 6.10 Å². The van der Waals surface area contributed by atoms with E-state index in [9.17, 15) is 9.90 Å². The Bertz CT molecular complexity index is 273. The van der Waals surface area contributed by atoms with E-state index in [-0.39, 0.29) is 18.1 Å². The van der Waals surface area contributed by atoms with Crippen molar-refractivity contribution < 1.29 is 28.8 Å². The molecule has 100 valence electrons. The summed E-state index contributed by atoms with van der Waals surface area (Å²) in [5.41, 5.74) is 0. The van der Waals surface area contributed by atoms with E-state index >= 15 is 0 Å². The van der Waals surface area contributed by atoms with E-state index in [0.29, 0.717) is 0 Å². The highest BCUT2D eigenvalue weighted by Crippen LogP contribution is 2.24. The van der Waals surface area contributed by atoms with Crippen molar-refractivity contribution in [2.45, 2.75) is 26.1 Å². The van der Waals surface area contributed by atoms with Gasteiger partial charge in [0.25, 0.3) is 0 Å². The maximum Gasteiger partial charge on any atom is 0.378 e. The van der Waals surface area contributed by atoms with Crippen LogP contribution >= 0.6 is 0 Å². The van der Waals surface area contributed by atoms with E-state index in [1.165, 1.54) is 21.3 Å². The number of carbonyl (C=O) groups excluding carboxylic acids is 1. The Morgan fingerprint density at radius 2 is 1.94 bits per heavy atom. The average Bonchev–Trinajstić information content (AvgIpc) is 2.64. The van der Waals surface area contributed by atoms with Gasteiger partial charge in [-0.05, 0) is 0 Å². The van der Waals surface area contributed by atoms with E-state index < -0.39 is 18.2 Å². The summed E-state index contributed by atoms with van der Waals surface area (Å²) in [7, 11) is 4.21. The first-order chi connectivity index (χ1) is 8.15. The molecule has 0 amide bonds. The fourth-order valence-electron chi connectivity index (χ4n) is 1.34. The molecule has 1 N–H and O–H groups in total. The van der Waals surface area contributed by atoms with Crippen LogP contribution in [0.4, 0.5) is 0 Å². The lowest BCUT2D eigenvalue weighted by Gasteiger charge is -2.19. The Morgan fingerprint density at radius 1 is 1.35 bits per heavy atom. The number of methoxy groups -OCH3 is 3. The highest BCUT2D eigenvalue weighted by atomic mass is 16.6. The summed E-state index contributed by atoms with van der Waals surface area (Å²) < 4.78 is 19.5. The molecule has 6 heteroatoms. The third-order valence-electron chi connectivity index (χ3n) is 2.10. The molecule has 0 aliphatic carbocycles. The number of cyclic esters (lactones) is 1. The van der Waals surface area contributed by atoms with Crippen LogP contribution < -0.4 is 0 Å². The molecule has 0 bridgehead atoms. The van der Waals surface area contributed by atoms with Crippen molar-refractivity contribution in [3.8, 4) is 0 Å². The Kier molecular flexibility index (Phi) is 7.32. The monoisotopic (exact) mass is 248 g/mol. The van der Waals surface area contributed by atoms with Crippen LogP contribution in [-0.2, 0) is 23.7 Å². The van der Waals surface area contributed by atoms with Crippen molar-refractivity contribution in [3.05, 3.63) is 11.5 Å². The summed E-state index contributed by atoms with van der Waals surface area (Å²) in [6.45, 7) is 4.20. The zero-order valence-electron chi connectivity index (χ0n) is 10.9. The number of esters is 1. The Labute approximate surface area is 101 Å². The van der Waals surface area contributed by atoms with Gasteiger partial charge in [0.15, 0.2) is 11.9 Å². The van der Waals surface area contributed by atoms with Crippen LogP contribution in [0.5, 0.6) is 0 Å². The van der Waals surface area contributed by atoms with Gasteiger partial charge in [-0.2, -0.15) is 0 Å². The van der Waals surface area contributed by atoms with Crippen LogP contribution in [0.2, 0.25) is 0 Å². The van der Waals surface area contributed by atoms with E-state index in [1.807, 2.05) is 13.8 Å². The molecule has 0 saturated carbocycles. The minimum Gasteiger partial charge on any atom is -0.505 e. The first kappa shape index (κ1) is 15.7. The summed E-state index contributed by atoms with van der Waals surface area (Å²) in [4.78, 5) is 11.2. The van der Waals surface area contributed by atoms with Crippen LogP contribution in [0.25, 0.3) is 0 Å². The summed E-state index contributed by atoms with van der Waals surface area (Å²) in [5.74, 6) is -1.14. The van der Waals surface area contributed by atoms with Crippen LogP contribution in [0.3, 0.4) is 0 Å². The zero-order valence-corrected chi connectivity index (χ0v) is 10.9. The van der Waals surface area contributed by atoms with Crippen LogP contribution in [0.1, 0.15) is 13.8 Å². The minimum absolute atomic E-state index is 0.182. The first-order valence-electron chi connectivity index (χ1n) is 5.35. The van der Waals surface area contributed by atoms with Crippen molar-refractivity contribution in [2.24, 2.45) is 0 Å². The minimum atomic E-state index is -0.864. The van der Waals surface area contributed by atoms with Crippen LogP contribution in [-0.4, -0.2) is 51.2 Å². The Balaban J connectivity index is 0.00000121. The maximum absolute atomic E-state index is 11.2. The summed E-state index contributed by atoms with van der Waals surface area (Å²) >= 11 is 0. The van der Waals surface area contributed by atoms with Crippen molar-refractivity contribution in [1.82, 2.24) is 0 Å². The van der Waals surface area contributed by atoms with Crippen LogP contribution in [0.15, 0.2) is 11.5 Å². The molecule has 0 fully saturated rings. The predicted molar refractivity (Wildman–Crippen MR) is 60.6 cm³/mol. The molecule has 0 aromatic heterocycles. The van der Waals surface area contributed by atoms with Crippen molar-refractivity contribution in [1.29, 1.82) is 0 Å². The number of hydrogen-bond acceptors (Lipinski definition) is 6. The molecular weight excluding hydrogens is 228 g/mol. The topological polar surface area (TPSA) is 74.2 Å². The predicted octanol–water partition coefficient (Wildman–Crippen LogP) is 1.02. The van der Waals surface area contributed by atoms with Gasteiger partial charge in [0, 0.05) is 14.2 Å². The molecule has 1 rings (SSSR count). The fraction of sp³-hybridized carbons (Fsp3) is 0.727. The Morgan fingerprint density at radius 3 is 2.29 bits per heavy atom. The molecule has 0 aromatic carbocycles. The maximum atomic E-state index is 11.2. The van der Waals surface area contributed by atoms with E-state index in [0.717, 1.165) is 0 Å². The van der Waals surface area contributed by atoms with Crippen molar-refractivity contribution >= 4 is 5.97 Å². The normalized spacial score (nSPS) is 20.5. The summed E-state index contributed by atoms with van der Waals surface area (Å²) in [6.07, 6.45) is -1.41. The molecular formula is C11H20O6. The van der Waals surface area contributed by atoms with Gasteiger partial charge in [-0.25, -0.2) is 4.79 Å². The van der Waals surface area contributed by atoms with Gasteiger partial charge in [0.2, 0.25) is 5.76 Å². The van der Waals surface area contributed by atoms with E-state index in [2.05, 4.69) is 0 Å². The second-order valence-electron chi connectivity index (χ2n) is 2.97. The number of aliphatic hydroxyl groups excluding tert-OH is 1. The molecule has 6 nitrogen and oxygen atoms in total. The molecule has 1 aliphatic rings. The summed E-state index contributed by atoms with van der Waals surface area (Å²) in [6, 6.07) is 0. The number of rotatable bonds is 5. The fourth-order valence-corrected chi connectivity index (χ4v) is 1.34. The molecule has 1 aliphatic heterocycles. The first-order valence-corrected chi connectivity index (χ1v) is 5.35. The molecule has 17 heavy (non-hydrogen) atoms. The van der Waals surface area contributed by atoms with Gasteiger partial charge in [-0.1, -0.05) is 13.8 Å². The van der Waals surface area contributed by atoms with Gasteiger partial charge in [-0.15, -0.1) is 0 Å². The smallest absolute Gasteiger partial charge is 0.378 e. The van der Waals surface area contributed by atoms with Crippen LogP contribution in [0, 0.1) is 0 Å². The molecule has 0 radical (unpaired) electrons. The molecule has 2 atom stereocenters. The average molecular weight is 248 g/mol. The number of hydrogen-bond donors (Lipinski definition) is 1. The second-order valence-corrected chi connectivity index (χ2v) is 2.97. The highest BCUT2D eigenvalue weighted by Gasteiger charge is 2.40. The van der Waals surface area contributed by atoms with E-state index in [1.54, 1.807) is 0 Å². The Hall–Kier alpha value is -1.27. The number of aliphatic hydroxyl groups is 1. The summed E-state index contributed by atoms with van der Waals surface area (Å²) in [5, 5.41) is 9.62. The largest absolute Gasteiger partial charge is 0.505 e. The molecule has 1 heterocycles. The van der Waals surface area contributed by atoms with Crippen molar-refractivity contribution in [3.63, 3.8) is 0 Å². The molecule has 0 aromatic rings. The van der Waals surface area contributed by atoms with Gasteiger partial charge in [-0.3, -0.25) is 0 Å². The third kappa shape index (κ3) is 3.61. The lowest BCUT2D eigenvalue weighted by Crippen LogP contribution is -2.34. The third-order valence-corrected chi connectivity index (χ3v) is 2.10. The quantitative estimate of drug-likeness (QED) is 0.732. The van der Waals surface area contributed by atoms with Gasteiger partial charge >= 0.3 is 5.97 Å². The number of carbonyl (C=O) groups is 1. The zero-order chi connectivity index (χ0) is 13.4. The molecule has 0 saturated heterocycles. The van der Waals surface area contributed by atoms with Gasteiger partial charge in [0.05, 0.1) is 13.7 Å². The lowest BCUT2D eigenvalue weighted by molar-refractivity contribution is -0.149. The van der Waals surface area contributed by atoms with E-state index in [4.69, 9.17) is 18.9 Å². The molecule has 0 spiro atoms. The lowest BCUT2D eigenvalue weighted by atomic mass is 10.2. The standard InChI is InChI=1S/C9H14O6.C2H6/c1-12-4-5(13-2)7-6(10)8(14-3)9(11)15-7;1-2/h5,7,10H,4H2,1-3H3;1-2H3. The SMILES string of the molecule is CC.COCC(OC)C1OC(=O)C(OC)=C1O. The molecule has 2 unspecified atom stereocenters. The van der Waals surface area contributed by atoms with Gasteiger partial charge < -0.3 is 24.1 Å². The number of ether oxygens (including phenoxy) is 4. The van der Waals surface area contributed by atoms with Crippen molar-refractivity contribution in [2.75, 3.05) is 27.9 Å². The second kappa shape index (κ2) is 7.92. The highest BCUT2D eigenvalue weighted by molar-refractivity contribution is 5.89.